The Morgan fingerprint density at radius 3 is 2.33 bits per heavy atom. The minimum Gasteiger partial charge on any atom is -0.497 e. The smallest absolute Gasteiger partial charge is 0.118 e. The zero-order valence-corrected chi connectivity index (χ0v) is 16.1. The highest BCUT2D eigenvalue weighted by Gasteiger charge is 2.15. The van der Waals surface area contributed by atoms with E-state index in [1.54, 1.807) is 7.11 Å². The number of hydrogen-bond donors (Lipinski definition) is 0. The molecular weight excluding hydrogens is 332 g/mol. The zero-order chi connectivity index (χ0) is 18.8. The van der Waals surface area contributed by atoms with Crippen molar-refractivity contribution >= 4 is 10.9 Å². The molecule has 2 aromatic carbocycles. The van der Waals surface area contributed by atoms with Gasteiger partial charge in [0.1, 0.15) is 5.75 Å². The van der Waals surface area contributed by atoms with Gasteiger partial charge in [0.05, 0.1) is 18.3 Å². The SMILES string of the molecule is COc1ccc(Cn2c(C)c(C)c3ccnc(Cc4ccccc4)c32)cc1. The summed E-state index contributed by atoms with van der Waals surface area (Å²) in [6, 6.07) is 21.0. The van der Waals surface area contributed by atoms with E-state index in [9.17, 15) is 0 Å². The van der Waals surface area contributed by atoms with E-state index in [1.165, 1.54) is 33.3 Å². The lowest BCUT2D eigenvalue weighted by molar-refractivity contribution is 0.414. The summed E-state index contributed by atoms with van der Waals surface area (Å²) in [7, 11) is 1.70. The molecule has 0 aliphatic carbocycles. The van der Waals surface area contributed by atoms with E-state index in [0.29, 0.717) is 0 Å². The number of aryl methyl sites for hydroxylation is 1. The maximum Gasteiger partial charge on any atom is 0.118 e. The van der Waals surface area contributed by atoms with Crippen molar-refractivity contribution in [2.75, 3.05) is 7.11 Å². The highest BCUT2D eigenvalue weighted by atomic mass is 16.5. The van der Waals surface area contributed by atoms with Crippen LogP contribution in [0.15, 0.2) is 66.9 Å². The summed E-state index contributed by atoms with van der Waals surface area (Å²) < 4.78 is 7.69. The van der Waals surface area contributed by atoms with E-state index in [1.807, 2.05) is 18.3 Å². The molecule has 2 heterocycles. The molecule has 0 spiro atoms. The maximum atomic E-state index is 5.29. The summed E-state index contributed by atoms with van der Waals surface area (Å²) >= 11 is 0. The van der Waals surface area contributed by atoms with Crippen LogP contribution in [0.1, 0.15) is 28.1 Å². The van der Waals surface area contributed by atoms with Gasteiger partial charge in [0.15, 0.2) is 0 Å². The van der Waals surface area contributed by atoms with Gasteiger partial charge in [-0.15, -0.1) is 0 Å². The van der Waals surface area contributed by atoms with Crippen LogP contribution in [-0.2, 0) is 13.0 Å². The van der Waals surface area contributed by atoms with Gasteiger partial charge in [-0.3, -0.25) is 4.98 Å². The third-order valence-corrected chi connectivity index (χ3v) is 5.34. The van der Waals surface area contributed by atoms with E-state index in [2.05, 4.69) is 66.9 Å². The molecule has 2 aromatic heterocycles. The molecule has 0 aliphatic heterocycles. The average Bonchev–Trinajstić information content (AvgIpc) is 2.95. The molecule has 0 atom stereocenters. The van der Waals surface area contributed by atoms with E-state index in [0.717, 1.165) is 24.4 Å². The van der Waals surface area contributed by atoms with Crippen molar-refractivity contribution in [3.63, 3.8) is 0 Å². The molecule has 3 nitrogen and oxygen atoms in total. The van der Waals surface area contributed by atoms with Crippen molar-refractivity contribution in [3.05, 3.63) is 94.9 Å². The molecule has 0 saturated carbocycles. The van der Waals surface area contributed by atoms with Crippen molar-refractivity contribution < 1.29 is 4.74 Å². The molecular formula is C24H24N2O. The number of ether oxygens (including phenoxy) is 1. The highest BCUT2D eigenvalue weighted by molar-refractivity contribution is 5.87. The fraction of sp³-hybridized carbons (Fsp3) is 0.208. The molecule has 0 saturated heterocycles. The molecule has 136 valence electrons. The fourth-order valence-corrected chi connectivity index (χ4v) is 3.70. The van der Waals surface area contributed by atoms with Crippen LogP contribution in [0.25, 0.3) is 10.9 Å². The molecule has 27 heavy (non-hydrogen) atoms. The van der Waals surface area contributed by atoms with Crippen LogP contribution in [0.3, 0.4) is 0 Å². The van der Waals surface area contributed by atoms with Crippen molar-refractivity contribution in [2.24, 2.45) is 0 Å². The van der Waals surface area contributed by atoms with Gasteiger partial charge in [-0.05, 0) is 48.7 Å². The number of nitrogens with zero attached hydrogens (tertiary/aromatic N) is 2. The monoisotopic (exact) mass is 356 g/mol. The van der Waals surface area contributed by atoms with Crippen LogP contribution in [0.2, 0.25) is 0 Å². The Bertz CT molecular complexity index is 1060. The third kappa shape index (κ3) is 3.33. The van der Waals surface area contributed by atoms with Gasteiger partial charge >= 0.3 is 0 Å². The van der Waals surface area contributed by atoms with Gasteiger partial charge in [0.25, 0.3) is 0 Å². The zero-order valence-electron chi connectivity index (χ0n) is 16.1. The van der Waals surface area contributed by atoms with Crippen molar-refractivity contribution in [3.8, 4) is 5.75 Å². The van der Waals surface area contributed by atoms with Gasteiger partial charge in [0, 0.05) is 30.2 Å². The van der Waals surface area contributed by atoms with Gasteiger partial charge in [-0.1, -0.05) is 42.5 Å². The molecule has 0 bridgehead atoms. The van der Waals surface area contributed by atoms with Crippen LogP contribution in [0.5, 0.6) is 5.75 Å². The normalized spacial score (nSPS) is 11.1. The van der Waals surface area contributed by atoms with Gasteiger partial charge < -0.3 is 9.30 Å². The van der Waals surface area contributed by atoms with E-state index < -0.39 is 0 Å². The molecule has 0 unspecified atom stereocenters. The second-order valence-electron chi connectivity index (χ2n) is 6.96. The number of methoxy groups -OCH3 is 1. The Morgan fingerprint density at radius 2 is 1.63 bits per heavy atom. The summed E-state index contributed by atoms with van der Waals surface area (Å²) in [5.41, 5.74) is 7.53. The Kier molecular flexibility index (Phi) is 4.68. The largest absolute Gasteiger partial charge is 0.497 e. The van der Waals surface area contributed by atoms with Crippen molar-refractivity contribution in [1.29, 1.82) is 0 Å². The van der Waals surface area contributed by atoms with E-state index >= 15 is 0 Å². The second-order valence-corrected chi connectivity index (χ2v) is 6.96. The summed E-state index contributed by atoms with van der Waals surface area (Å²) in [6.07, 6.45) is 2.77. The van der Waals surface area contributed by atoms with Gasteiger partial charge in [-0.2, -0.15) is 0 Å². The third-order valence-electron chi connectivity index (χ3n) is 5.34. The molecule has 0 radical (unpaired) electrons. The predicted molar refractivity (Wildman–Crippen MR) is 111 cm³/mol. The maximum absolute atomic E-state index is 5.29. The number of pyridine rings is 1. The molecule has 3 heteroatoms. The molecule has 4 rings (SSSR count). The van der Waals surface area contributed by atoms with Crippen LogP contribution < -0.4 is 4.74 Å². The quantitative estimate of drug-likeness (QED) is 0.485. The summed E-state index contributed by atoms with van der Waals surface area (Å²) in [5, 5.41) is 1.29. The molecule has 0 fully saturated rings. The number of benzene rings is 2. The minimum atomic E-state index is 0.827. The summed E-state index contributed by atoms with van der Waals surface area (Å²) in [6.45, 7) is 5.23. The first-order valence-electron chi connectivity index (χ1n) is 9.27. The Balaban J connectivity index is 1.80. The van der Waals surface area contributed by atoms with E-state index in [-0.39, 0.29) is 0 Å². The Morgan fingerprint density at radius 1 is 0.889 bits per heavy atom. The first-order valence-corrected chi connectivity index (χ1v) is 9.27. The number of rotatable bonds is 5. The standard InChI is InChI=1S/C24H24N2O/c1-17-18(2)26(16-20-9-11-21(27-3)12-10-20)24-22(17)13-14-25-23(24)15-19-7-5-4-6-8-19/h4-14H,15-16H2,1-3H3. The molecule has 0 N–H and O–H groups in total. The van der Waals surface area contributed by atoms with Gasteiger partial charge in [-0.25, -0.2) is 0 Å². The van der Waals surface area contributed by atoms with Crippen LogP contribution in [0, 0.1) is 13.8 Å². The number of aromatic nitrogens is 2. The minimum absolute atomic E-state index is 0.827. The predicted octanol–water partition coefficient (Wildman–Crippen LogP) is 5.30. The van der Waals surface area contributed by atoms with Crippen molar-refractivity contribution in [2.45, 2.75) is 26.8 Å². The number of hydrogen-bond acceptors (Lipinski definition) is 2. The Labute approximate surface area is 160 Å². The lowest BCUT2D eigenvalue weighted by atomic mass is 10.1. The number of fused-ring (bicyclic) bond motifs is 1. The summed E-state index contributed by atoms with van der Waals surface area (Å²) in [4.78, 5) is 4.75. The highest BCUT2D eigenvalue weighted by Crippen LogP contribution is 2.29. The molecule has 4 aromatic rings. The molecule has 0 amide bonds. The van der Waals surface area contributed by atoms with Crippen LogP contribution in [-0.4, -0.2) is 16.7 Å². The summed E-state index contributed by atoms with van der Waals surface area (Å²) in [5.74, 6) is 0.885. The first kappa shape index (κ1) is 17.3. The lowest BCUT2D eigenvalue weighted by Gasteiger charge is -2.12. The van der Waals surface area contributed by atoms with E-state index in [4.69, 9.17) is 9.72 Å². The average molecular weight is 356 g/mol. The van der Waals surface area contributed by atoms with Crippen LogP contribution >= 0.6 is 0 Å². The topological polar surface area (TPSA) is 27.1 Å². The van der Waals surface area contributed by atoms with Crippen LogP contribution in [0.4, 0.5) is 0 Å². The Hall–Kier alpha value is -3.07. The molecule has 0 aliphatic rings. The van der Waals surface area contributed by atoms with Crippen molar-refractivity contribution in [1.82, 2.24) is 9.55 Å². The first-order chi connectivity index (χ1) is 13.2. The second kappa shape index (κ2) is 7.28. The lowest BCUT2D eigenvalue weighted by Crippen LogP contribution is -2.05. The fourth-order valence-electron chi connectivity index (χ4n) is 3.70. The van der Waals surface area contributed by atoms with Gasteiger partial charge in [0.2, 0.25) is 0 Å².